The van der Waals surface area contributed by atoms with E-state index in [-0.39, 0.29) is 5.56 Å². The van der Waals surface area contributed by atoms with Crippen molar-refractivity contribution in [3.05, 3.63) is 21.6 Å². The summed E-state index contributed by atoms with van der Waals surface area (Å²) in [4.78, 5) is 11.4. The number of rotatable bonds is 4. The number of aryl methyl sites for hydroxylation is 1. The van der Waals surface area contributed by atoms with Crippen molar-refractivity contribution in [2.75, 3.05) is 0 Å². The van der Waals surface area contributed by atoms with E-state index in [9.17, 15) is 4.79 Å². The summed E-state index contributed by atoms with van der Waals surface area (Å²) in [7, 11) is 1.90. The summed E-state index contributed by atoms with van der Waals surface area (Å²) < 4.78 is 1.84. The van der Waals surface area contributed by atoms with Gasteiger partial charge in [0.05, 0.1) is 0 Å². The van der Waals surface area contributed by atoms with Crippen LogP contribution in [-0.2, 0) is 19.9 Å². The predicted molar refractivity (Wildman–Crippen MR) is 54.0 cm³/mol. The Labute approximate surface area is 78.8 Å². The van der Waals surface area contributed by atoms with Crippen LogP contribution in [0.1, 0.15) is 37.9 Å². The van der Waals surface area contributed by atoms with E-state index >= 15 is 0 Å². The molecule has 0 aliphatic carbocycles. The zero-order chi connectivity index (χ0) is 9.84. The van der Waals surface area contributed by atoms with Crippen LogP contribution in [0, 0.1) is 0 Å². The smallest absolute Gasteiger partial charge is 0.267 e. The summed E-state index contributed by atoms with van der Waals surface area (Å²) in [6, 6.07) is 0. The first-order chi connectivity index (χ1) is 6.20. The maximum atomic E-state index is 11.4. The number of H-pyrrole nitrogens is 1. The summed E-state index contributed by atoms with van der Waals surface area (Å²) in [5, 5.41) is 2.80. The first-order valence-electron chi connectivity index (χ1n) is 4.97. The zero-order valence-corrected chi connectivity index (χ0v) is 8.68. The molecule has 0 aliphatic rings. The Morgan fingerprint density at radius 1 is 1.38 bits per heavy atom. The number of nitrogens with zero attached hydrogens (tertiary/aromatic N) is 1. The van der Waals surface area contributed by atoms with Gasteiger partial charge in [0.25, 0.3) is 5.56 Å². The van der Waals surface area contributed by atoms with Crippen molar-refractivity contribution in [3.8, 4) is 0 Å². The molecule has 0 amide bonds. The van der Waals surface area contributed by atoms with Gasteiger partial charge in [-0.3, -0.25) is 14.6 Å². The number of hydrogen-bond donors (Lipinski definition) is 1. The van der Waals surface area contributed by atoms with Crippen LogP contribution < -0.4 is 5.56 Å². The third-order valence-corrected chi connectivity index (χ3v) is 2.41. The number of hydrogen-bond acceptors (Lipinski definition) is 1. The quantitative estimate of drug-likeness (QED) is 0.755. The normalized spacial score (nSPS) is 10.7. The number of nitrogens with one attached hydrogen (secondary N) is 1. The Balaban J connectivity index is 2.96. The van der Waals surface area contributed by atoms with Gasteiger partial charge in [0.15, 0.2) is 0 Å². The number of aromatic nitrogens is 2. The van der Waals surface area contributed by atoms with Gasteiger partial charge >= 0.3 is 0 Å². The standard InChI is InChI=1S/C10H18N2O/c1-4-6-7-8-9(5-2)12(3)11-10(8)13/h4-7H2,1-3H3,(H,11,13). The van der Waals surface area contributed by atoms with Crippen LogP contribution in [0.25, 0.3) is 0 Å². The fraction of sp³-hybridized carbons (Fsp3) is 0.700. The molecule has 0 fully saturated rings. The van der Waals surface area contributed by atoms with E-state index in [1.807, 2.05) is 11.7 Å². The maximum absolute atomic E-state index is 11.4. The van der Waals surface area contributed by atoms with Crippen molar-refractivity contribution >= 4 is 0 Å². The van der Waals surface area contributed by atoms with Gasteiger partial charge in [0, 0.05) is 18.3 Å². The first kappa shape index (κ1) is 10.1. The van der Waals surface area contributed by atoms with Crippen molar-refractivity contribution in [2.45, 2.75) is 39.5 Å². The van der Waals surface area contributed by atoms with E-state index < -0.39 is 0 Å². The SMILES string of the molecule is CCCCc1c(CC)n(C)[nH]c1=O. The van der Waals surface area contributed by atoms with Gasteiger partial charge in [-0.05, 0) is 19.3 Å². The summed E-state index contributed by atoms with van der Waals surface area (Å²) in [6.45, 7) is 4.22. The Hall–Kier alpha value is -0.990. The molecule has 3 nitrogen and oxygen atoms in total. The van der Waals surface area contributed by atoms with E-state index in [0.717, 1.165) is 36.9 Å². The molecule has 0 radical (unpaired) electrons. The van der Waals surface area contributed by atoms with E-state index in [1.54, 1.807) is 0 Å². The Morgan fingerprint density at radius 2 is 2.08 bits per heavy atom. The van der Waals surface area contributed by atoms with E-state index in [1.165, 1.54) is 0 Å². The first-order valence-corrected chi connectivity index (χ1v) is 4.97. The minimum absolute atomic E-state index is 0.0906. The molecule has 13 heavy (non-hydrogen) atoms. The highest BCUT2D eigenvalue weighted by molar-refractivity contribution is 5.17. The van der Waals surface area contributed by atoms with Crippen LogP contribution in [0.2, 0.25) is 0 Å². The molecule has 0 saturated carbocycles. The highest BCUT2D eigenvalue weighted by Gasteiger charge is 2.09. The molecular formula is C10H18N2O. The van der Waals surface area contributed by atoms with Crippen molar-refractivity contribution in [3.63, 3.8) is 0 Å². The fourth-order valence-corrected chi connectivity index (χ4v) is 1.68. The molecule has 1 heterocycles. The lowest BCUT2D eigenvalue weighted by Crippen LogP contribution is -2.06. The van der Waals surface area contributed by atoms with Crippen LogP contribution in [-0.4, -0.2) is 9.78 Å². The Kier molecular flexibility index (Phi) is 3.34. The van der Waals surface area contributed by atoms with Crippen molar-refractivity contribution in [1.82, 2.24) is 9.78 Å². The van der Waals surface area contributed by atoms with Crippen LogP contribution in [0.4, 0.5) is 0 Å². The monoisotopic (exact) mass is 182 g/mol. The summed E-state index contributed by atoms with van der Waals surface area (Å²) in [5.41, 5.74) is 2.22. The van der Waals surface area contributed by atoms with Gasteiger partial charge in [0.2, 0.25) is 0 Å². The average Bonchev–Trinajstić information content (AvgIpc) is 2.37. The minimum Gasteiger partial charge on any atom is -0.292 e. The summed E-state index contributed by atoms with van der Waals surface area (Å²) in [5.74, 6) is 0. The van der Waals surface area contributed by atoms with Crippen LogP contribution in [0.5, 0.6) is 0 Å². The van der Waals surface area contributed by atoms with E-state index in [0.29, 0.717) is 0 Å². The van der Waals surface area contributed by atoms with E-state index in [2.05, 4.69) is 18.9 Å². The molecule has 0 saturated heterocycles. The maximum Gasteiger partial charge on any atom is 0.267 e. The molecule has 1 aromatic rings. The van der Waals surface area contributed by atoms with Gasteiger partial charge < -0.3 is 0 Å². The molecular weight excluding hydrogens is 164 g/mol. The number of aromatic amines is 1. The molecule has 1 aromatic heterocycles. The third-order valence-electron chi connectivity index (χ3n) is 2.41. The molecule has 1 N–H and O–H groups in total. The van der Waals surface area contributed by atoms with E-state index in [4.69, 9.17) is 0 Å². The molecule has 1 rings (SSSR count). The topological polar surface area (TPSA) is 37.8 Å². The van der Waals surface area contributed by atoms with Gasteiger partial charge in [-0.1, -0.05) is 20.3 Å². The minimum atomic E-state index is 0.0906. The lowest BCUT2D eigenvalue weighted by atomic mass is 10.1. The molecule has 3 heteroatoms. The van der Waals surface area contributed by atoms with Gasteiger partial charge in [-0.25, -0.2) is 0 Å². The molecule has 74 valence electrons. The number of unbranched alkanes of at least 4 members (excludes halogenated alkanes) is 1. The van der Waals surface area contributed by atoms with Gasteiger partial charge in [-0.15, -0.1) is 0 Å². The Bertz CT molecular complexity index is 322. The van der Waals surface area contributed by atoms with Crippen molar-refractivity contribution < 1.29 is 0 Å². The second-order valence-electron chi connectivity index (χ2n) is 3.38. The molecule has 0 bridgehead atoms. The molecule has 0 aromatic carbocycles. The van der Waals surface area contributed by atoms with Gasteiger partial charge in [0.1, 0.15) is 0 Å². The van der Waals surface area contributed by atoms with Crippen LogP contribution in [0.3, 0.4) is 0 Å². The predicted octanol–water partition coefficient (Wildman–Crippen LogP) is 1.62. The third kappa shape index (κ3) is 2.02. The van der Waals surface area contributed by atoms with Gasteiger partial charge in [-0.2, -0.15) is 0 Å². The Morgan fingerprint density at radius 3 is 2.62 bits per heavy atom. The zero-order valence-electron chi connectivity index (χ0n) is 8.68. The molecule has 0 unspecified atom stereocenters. The lowest BCUT2D eigenvalue weighted by molar-refractivity contribution is 0.705. The average molecular weight is 182 g/mol. The van der Waals surface area contributed by atoms with Crippen LogP contribution in [0.15, 0.2) is 4.79 Å². The second-order valence-corrected chi connectivity index (χ2v) is 3.38. The fourth-order valence-electron chi connectivity index (χ4n) is 1.68. The highest BCUT2D eigenvalue weighted by Crippen LogP contribution is 2.07. The summed E-state index contributed by atoms with van der Waals surface area (Å²) in [6.07, 6.45) is 4.07. The molecule has 0 aliphatic heterocycles. The largest absolute Gasteiger partial charge is 0.292 e. The summed E-state index contributed by atoms with van der Waals surface area (Å²) >= 11 is 0. The second kappa shape index (κ2) is 4.30. The van der Waals surface area contributed by atoms with Crippen molar-refractivity contribution in [2.24, 2.45) is 7.05 Å². The van der Waals surface area contributed by atoms with Crippen molar-refractivity contribution in [1.29, 1.82) is 0 Å². The van der Waals surface area contributed by atoms with Crippen LogP contribution >= 0.6 is 0 Å². The molecule has 0 atom stereocenters. The lowest BCUT2D eigenvalue weighted by Gasteiger charge is -2.01. The highest BCUT2D eigenvalue weighted by atomic mass is 16.1. The molecule has 0 spiro atoms.